The first-order chi connectivity index (χ1) is 15.9. The minimum atomic E-state index is -0.221. The summed E-state index contributed by atoms with van der Waals surface area (Å²) >= 11 is 6.28. The van der Waals surface area contributed by atoms with Crippen LogP contribution in [0.2, 0.25) is 5.02 Å². The summed E-state index contributed by atoms with van der Waals surface area (Å²) in [5.41, 5.74) is 1.48. The molecule has 0 N–H and O–H groups in total. The molecule has 1 saturated carbocycles. The molecule has 0 radical (unpaired) electrons. The molecule has 2 fully saturated rings. The van der Waals surface area contributed by atoms with E-state index in [2.05, 4.69) is 0 Å². The zero-order valence-corrected chi connectivity index (χ0v) is 20.0. The molecule has 1 aliphatic carbocycles. The molecule has 7 heteroatoms. The fourth-order valence-corrected chi connectivity index (χ4v) is 4.82. The number of hydrogen-bond donors (Lipinski definition) is 0. The second-order valence-corrected chi connectivity index (χ2v) is 9.58. The van der Waals surface area contributed by atoms with Gasteiger partial charge in [-0.15, -0.1) is 0 Å². The molecular formula is C26H31ClN2O4. The minimum Gasteiger partial charge on any atom is -0.493 e. The average molecular weight is 471 g/mol. The van der Waals surface area contributed by atoms with Crippen LogP contribution in [0.4, 0.5) is 4.79 Å². The number of carbonyl (C=O) groups is 2. The molecule has 2 aliphatic rings. The van der Waals surface area contributed by atoms with Crippen molar-refractivity contribution in [3.05, 3.63) is 64.7 Å². The minimum absolute atomic E-state index is 0.121. The maximum atomic E-state index is 12.4. The molecule has 0 aromatic heterocycles. The van der Waals surface area contributed by atoms with Crippen molar-refractivity contribution in [2.24, 2.45) is 17.8 Å². The lowest BCUT2D eigenvalue weighted by Gasteiger charge is -2.31. The van der Waals surface area contributed by atoms with Crippen LogP contribution in [0.25, 0.3) is 0 Å². The van der Waals surface area contributed by atoms with E-state index < -0.39 is 0 Å². The molecule has 2 aromatic rings. The second-order valence-electron chi connectivity index (χ2n) is 9.18. The predicted molar refractivity (Wildman–Crippen MR) is 127 cm³/mol. The van der Waals surface area contributed by atoms with Gasteiger partial charge >= 0.3 is 6.09 Å². The maximum Gasteiger partial charge on any atom is 0.410 e. The normalized spacial score (nSPS) is 20.3. The number of ether oxygens (including phenoxy) is 2. The van der Waals surface area contributed by atoms with E-state index in [4.69, 9.17) is 21.1 Å². The summed E-state index contributed by atoms with van der Waals surface area (Å²) in [6.07, 6.45) is 2.96. The van der Waals surface area contributed by atoms with Crippen LogP contribution in [-0.4, -0.2) is 55.6 Å². The van der Waals surface area contributed by atoms with Gasteiger partial charge in [0.1, 0.15) is 12.4 Å². The first kappa shape index (κ1) is 23.4. The van der Waals surface area contributed by atoms with Crippen LogP contribution in [0, 0.1) is 17.8 Å². The van der Waals surface area contributed by atoms with Gasteiger partial charge in [-0.05, 0) is 60.8 Å². The van der Waals surface area contributed by atoms with Gasteiger partial charge in [-0.3, -0.25) is 4.79 Å². The Bertz CT molecular complexity index is 974. The van der Waals surface area contributed by atoms with Gasteiger partial charge < -0.3 is 19.3 Å². The third-order valence-corrected chi connectivity index (χ3v) is 6.94. The molecule has 0 unspecified atom stereocenters. The van der Waals surface area contributed by atoms with Gasteiger partial charge in [0.25, 0.3) is 5.91 Å². The molecule has 2 aromatic carbocycles. The van der Waals surface area contributed by atoms with Crippen molar-refractivity contribution in [3.63, 3.8) is 0 Å². The SMILES string of the molecule is CN(C)C(=O)c1ccc(OC[C@@H]2C[C@H]2C2CCN(C(=O)OCc3ccccc3)CC2)cc1Cl. The summed E-state index contributed by atoms with van der Waals surface area (Å²) in [7, 11) is 3.41. The topological polar surface area (TPSA) is 59.1 Å². The molecule has 2 amide bonds. The highest BCUT2D eigenvalue weighted by Crippen LogP contribution is 2.48. The van der Waals surface area contributed by atoms with E-state index >= 15 is 0 Å². The first-order valence-corrected chi connectivity index (χ1v) is 11.9. The van der Waals surface area contributed by atoms with Crippen LogP contribution in [0.3, 0.4) is 0 Å². The van der Waals surface area contributed by atoms with Gasteiger partial charge in [0.15, 0.2) is 0 Å². The standard InChI is InChI=1S/C26H31ClN2O4/c1-28(2)25(30)22-9-8-21(15-24(22)27)32-17-20-14-23(20)19-10-12-29(13-11-19)26(31)33-16-18-6-4-3-5-7-18/h3-9,15,19-20,23H,10-14,16-17H2,1-2H3/t20-,23-/m0/s1. The first-order valence-electron chi connectivity index (χ1n) is 11.5. The van der Waals surface area contributed by atoms with E-state index in [1.165, 1.54) is 4.90 Å². The van der Waals surface area contributed by atoms with Gasteiger partial charge in [0, 0.05) is 27.2 Å². The number of piperidine rings is 1. The van der Waals surface area contributed by atoms with Crippen LogP contribution in [0.5, 0.6) is 5.75 Å². The van der Waals surface area contributed by atoms with E-state index in [0.717, 1.165) is 37.9 Å². The van der Waals surface area contributed by atoms with Crippen LogP contribution in [0.1, 0.15) is 35.2 Å². The van der Waals surface area contributed by atoms with Crippen molar-refractivity contribution < 1.29 is 19.1 Å². The molecule has 0 bridgehead atoms. The number of nitrogens with zero attached hydrogens (tertiary/aromatic N) is 2. The zero-order valence-electron chi connectivity index (χ0n) is 19.2. The number of rotatable bonds is 7. The lowest BCUT2D eigenvalue weighted by molar-refractivity contribution is 0.0791. The van der Waals surface area contributed by atoms with Gasteiger partial charge in [-0.2, -0.15) is 0 Å². The van der Waals surface area contributed by atoms with Crippen LogP contribution < -0.4 is 4.74 Å². The van der Waals surface area contributed by atoms with Crippen LogP contribution in [-0.2, 0) is 11.3 Å². The Balaban J connectivity index is 1.18. The summed E-state index contributed by atoms with van der Waals surface area (Å²) in [6.45, 7) is 2.47. The third-order valence-electron chi connectivity index (χ3n) is 6.63. The van der Waals surface area contributed by atoms with Crippen molar-refractivity contribution in [1.82, 2.24) is 9.80 Å². The Morgan fingerprint density at radius 2 is 1.82 bits per heavy atom. The molecule has 4 rings (SSSR count). The Morgan fingerprint density at radius 1 is 1.09 bits per heavy atom. The Labute approximate surface area is 200 Å². The predicted octanol–water partition coefficient (Wildman–Crippen LogP) is 5.11. The molecule has 0 spiro atoms. The molecule has 176 valence electrons. The van der Waals surface area contributed by atoms with Crippen molar-refractivity contribution in [1.29, 1.82) is 0 Å². The molecular weight excluding hydrogens is 440 g/mol. The lowest BCUT2D eigenvalue weighted by Crippen LogP contribution is -2.39. The number of benzene rings is 2. The third kappa shape index (κ3) is 5.99. The maximum absolute atomic E-state index is 12.4. The molecule has 1 heterocycles. The fraction of sp³-hybridized carbons (Fsp3) is 0.462. The summed E-state index contributed by atoms with van der Waals surface area (Å²) in [5, 5.41) is 0.407. The fourth-order valence-electron chi connectivity index (χ4n) is 4.56. The summed E-state index contributed by atoms with van der Waals surface area (Å²) in [6, 6.07) is 15.0. The largest absolute Gasteiger partial charge is 0.493 e. The Morgan fingerprint density at radius 3 is 2.48 bits per heavy atom. The van der Waals surface area contributed by atoms with Crippen LogP contribution in [0.15, 0.2) is 48.5 Å². The van der Waals surface area contributed by atoms with Gasteiger partial charge in [0.05, 0.1) is 17.2 Å². The van der Waals surface area contributed by atoms with Crippen molar-refractivity contribution >= 4 is 23.6 Å². The van der Waals surface area contributed by atoms with E-state index in [1.54, 1.807) is 32.3 Å². The van der Waals surface area contributed by atoms with E-state index in [9.17, 15) is 9.59 Å². The number of hydrogen-bond acceptors (Lipinski definition) is 4. The quantitative estimate of drug-likeness (QED) is 0.564. The molecule has 6 nitrogen and oxygen atoms in total. The number of carbonyl (C=O) groups excluding carboxylic acids is 2. The average Bonchev–Trinajstić information content (AvgIpc) is 3.61. The van der Waals surface area contributed by atoms with E-state index in [1.807, 2.05) is 35.2 Å². The van der Waals surface area contributed by atoms with Crippen molar-refractivity contribution in [2.45, 2.75) is 25.9 Å². The van der Waals surface area contributed by atoms with E-state index in [-0.39, 0.29) is 12.0 Å². The molecule has 1 saturated heterocycles. The highest BCUT2D eigenvalue weighted by molar-refractivity contribution is 6.34. The van der Waals surface area contributed by atoms with E-state index in [0.29, 0.717) is 47.3 Å². The smallest absolute Gasteiger partial charge is 0.410 e. The monoisotopic (exact) mass is 470 g/mol. The number of amides is 2. The summed E-state index contributed by atoms with van der Waals surface area (Å²) in [4.78, 5) is 27.8. The highest BCUT2D eigenvalue weighted by atomic mass is 35.5. The summed E-state index contributed by atoms with van der Waals surface area (Å²) < 4.78 is 11.4. The van der Waals surface area contributed by atoms with Crippen molar-refractivity contribution in [2.75, 3.05) is 33.8 Å². The summed E-state index contributed by atoms with van der Waals surface area (Å²) in [5.74, 6) is 2.38. The molecule has 33 heavy (non-hydrogen) atoms. The second kappa shape index (κ2) is 10.5. The highest BCUT2D eigenvalue weighted by Gasteiger charge is 2.44. The van der Waals surface area contributed by atoms with Gasteiger partial charge in [-0.1, -0.05) is 41.9 Å². The van der Waals surface area contributed by atoms with Gasteiger partial charge in [-0.25, -0.2) is 4.79 Å². The number of likely N-dealkylation sites (tertiary alicyclic amines) is 1. The molecule has 1 aliphatic heterocycles. The molecule has 2 atom stereocenters. The van der Waals surface area contributed by atoms with Gasteiger partial charge in [0.2, 0.25) is 0 Å². The Kier molecular flexibility index (Phi) is 7.43. The van der Waals surface area contributed by atoms with Crippen molar-refractivity contribution in [3.8, 4) is 5.75 Å². The number of halogens is 1. The van der Waals surface area contributed by atoms with Crippen LogP contribution >= 0.6 is 11.6 Å². The Hall–Kier alpha value is -2.73. The zero-order chi connectivity index (χ0) is 23.4. The lowest BCUT2D eigenvalue weighted by atomic mass is 9.91.